The molecular weight excluding hydrogens is 743 g/mol. The van der Waals surface area contributed by atoms with E-state index in [1.165, 1.54) is 30.3 Å². The minimum absolute atomic E-state index is 0.0456. The van der Waals surface area contributed by atoms with Crippen molar-refractivity contribution in [1.82, 2.24) is 9.21 Å². The average Bonchev–Trinajstić information content (AvgIpc) is 3.64. The first-order chi connectivity index (χ1) is 25.1. The van der Waals surface area contributed by atoms with Crippen LogP contribution in [0.4, 0.5) is 0 Å². The number of ether oxygens (including phenoxy) is 2. The number of benzene rings is 4. The van der Waals surface area contributed by atoms with E-state index in [1.807, 2.05) is 24.0 Å². The number of carbonyl (C=O) groups is 3. The molecule has 0 radical (unpaired) electrons. The Labute approximate surface area is 318 Å². The quantitative estimate of drug-likeness (QED) is 0.156. The maximum absolute atomic E-state index is 12.6. The number of hydrogen-bond donors (Lipinski definition) is 2. The van der Waals surface area contributed by atoms with E-state index in [-0.39, 0.29) is 10.8 Å². The molecule has 0 saturated carbocycles. The predicted molar refractivity (Wildman–Crippen MR) is 202 cm³/mol. The van der Waals surface area contributed by atoms with Gasteiger partial charge in [0.15, 0.2) is 12.2 Å². The highest BCUT2D eigenvalue weighted by Crippen LogP contribution is 2.37. The first-order valence-electron chi connectivity index (χ1n) is 17.0. The van der Waals surface area contributed by atoms with Gasteiger partial charge in [0, 0.05) is 52.9 Å². The molecule has 0 unspecified atom stereocenters. The van der Waals surface area contributed by atoms with Gasteiger partial charge in [-0.15, -0.1) is 0 Å². The second-order valence-electron chi connectivity index (χ2n) is 12.8. The van der Waals surface area contributed by atoms with Crippen molar-refractivity contribution in [2.24, 2.45) is 0 Å². The fourth-order valence-corrected chi connectivity index (χ4v) is 7.67. The van der Waals surface area contributed by atoms with Crippen LogP contribution in [0.15, 0.2) is 83.8 Å². The van der Waals surface area contributed by atoms with Crippen LogP contribution in [-0.2, 0) is 19.6 Å². The van der Waals surface area contributed by atoms with Gasteiger partial charge in [0.1, 0.15) is 11.5 Å². The fraction of sp³-hybridized carbons (Fsp3) is 0.308. The van der Waals surface area contributed by atoms with E-state index in [4.69, 9.17) is 42.9 Å². The number of amides is 1. The van der Waals surface area contributed by atoms with Crippen molar-refractivity contribution in [3.05, 3.63) is 100 Å². The molecule has 2 aliphatic heterocycles. The monoisotopic (exact) mass is 782 g/mol. The van der Waals surface area contributed by atoms with Gasteiger partial charge in [-0.05, 0) is 117 Å². The van der Waals surface area contributed by atoms with Crippen LogP contribution >= 0.6 is 23.2 Å². The van der Waals surface area contributed by atoms with Crippen molar-refractivity contribution >= 4 is 51.1 Å². The number of aliphatic carboxylic acids is 2. The highest BCUT2D eigenvalue weighted by atomic mass is 35.5. The Balaban J connectivity index is 0.000000204. The predicted octanol–water partition coefficient (Wildman–Crippen LogP) is 7.66. The van der Waals surface area contributed by atoms with Crippen LogP contribution in [0.2, 0.25) is 10.0 Å². The summed E-state index contributed by atoms with van der Waals surface area (Å²) < 4.78 is 37.4. The van der Waals surface area contributed by atoms with Crippen molar-refractivity contribution in [3.8, 4) is 33.8 Å². The molecule has 6 rings (SSSR count). The number of hydrogen-bond acceptors (Lipinski definition) is 7. The summed E-state index contributed by atoms with van der Waals surface area (Å²) >= 11 is 12.2. The Morgan fingerprint density at radius 2 is 1.21 bits per heavy atom. The number of carboxylic acids is 2. The lowest BCUT2D eigenvalue weighted by atomic mass is 9.97. The van der Waals surface area contributed by atoms with Gasteiger partial charge in [0.25, 0.3) is 5.91 Å². The molecule has 2 heterocycles. The third kappa shape index (κ3) is 9.49. The first-order valence-corrected chi connectivity index (χ1v) is 19.2. The Kier molecular flexibility index (Phi) is 12.7. The average molecular weight is 784 g/mol. The summed E-state index contributed by atoms with van der Waals surface area (Å²) in [5.41, 5.74) is 4.38. The summed E-state index contributed by atoms with van der Waals surface area (Å²) in [4.78, 5) is 36.9. The van der Waals surface area contributed by atoms with Crippen LogP contribution in [0.5, 0.6) is 11.5 Å². The number of sulfonamides is 1. The van der Waals surface area contributed by atoms with Gasteiger partial charge in [-0.3, -0.25) is 4.79 Å². The Bertz CT molecular complexity index is 2100. The molecule has 2 fully saturated rings. The second-order valence-corrected chi connectivity index (χ2v) is 15.6. The molecule has 0 spiro atoms. The van der Waals surface area contributed by atoms with Crippen LogP contribution in [0.1, 0.15) is 49.0 Å². The van der Waals surface area contributed by atoms with Crippen molar-refractivity contribution in [1.29, 1.82) is 0 Å². The molecule has 4 aromatic rings. The minimum Gasteiger partial charge on any atom is -0.479 e. The SMILES string of the molecule is C[C@H](Oc1ccc(Cl)cc1-c1ccc(S(=O)(=O)N2CCC2)cc1)C(=O)O.Cc1cc(C(=O)N2CCCC2)ccc1-c1cc(Cl)ccc1O[C@@H](C)C(=O)O. The molecule has 2 atom stereocenters. The maximum atomic E-state index is 12.6. The molecule has 14 heteroatoms. The number of carboxylic acid groups (broad SMARTS) is 2. The normalized spacial score (nSPS) is 15.4. The van der Waals surface area contributed by atoms with Gasteiger partial charge >= 0.3 is 11.9 Å². The fourth-order valence-electron chi connectivity index (χ4n) is 5.81. The van der Waals surface area contributed by atoms with Crippen LogP contribution in [-0.4, -0.2) is 84.1 Å². The number of carbonyl (C=O) groups excluding carboxylic acids is 1. The summed E-state index contributed by atoms with van der Waals surface area (Å²) in [5.74, 6) is -1.27. The topological polar surface area (TPSA) is 151 Å². The largest absolute Gasteiger partial charge is 0.479 e. The van der Waals surface area contributed by atoms with Gasteiger partial charge in [-0.2, -0.15) is 4.31 Å². The van der Waals surface area contributed by atoms with E-state index in [2.05, 4.69) is 0 Å². The van der Waals surface area contributed by atoms with Gasteiger partial charge in [-0.1, -0.05) is 41.4 Å². The number of nitrogens with zero attached hydrogens (tertiary/aromatic N) is 2. The third-order valence-electron chi connectivity index (χ3n) is 8.96. The maximum Gasteiger partial charge on any atom is 0.344 e. The van der Waals surface area contributed by atoms with Gasteiger partial charge in [-0.25, -0.2) is 18.0 Å². The Morgan fingerprint density at radius 1 is 0.679 bits per heavy atom. The molecule has 0 aliphatic carbocycles. The van der Waals surface area contributed by atoms with Crippen LogP contribution in [0.3, 0.4) is 0 Å². The zero-order chi connectivity index (χ0) is 38.4. The highest BCUT2D eigenvalue weighted by Gasteiger charge is 2.29. The van der Waals surface area contributed by atoms with E-state index in [0.717, 1.165) is 43.5 Å². The van der Waals surface area contributed by atoms with Crippen molar-refractivity contribution < 1.29 is 42.5 Å². The third-order valence-corrected chi connectivity index (χ3v) is 11.3. The Morgan fingerprint density at radius 3 is 1.70 bits per heavy atom. The molecule has 11 nitrogen and oxygen atoms in total. The standard InChI is InChI=1S/C21H22ClNO4.C18H18ClNO5S/c1-13-11-15(20(24)23-9-3-4-10-23)5-7-17(13)18-12-16(22)6-8-19(18)27-14(2)21(25)26;1-12(18(21)22)25-17-8-5-14(19)11-16(17)13-3-6-15(7-4-13)26(23,24)20-9-2-10-20/h5-8,11-12,14H,3-4,9-10H2,1-2H3,(H,25,26);3-8,11-12H,2,9-10H2,1H3,(H,21,22)/t14-;12-/m00/s1. The summed E-state index contributed by atoms with van der Waals surface area (Å²) in [5, 5.41) is 19.2. The van der Waals surface area contributed by atoms with Gasteiger partial charge in [0.2, 0.25) is 10.0 Å². The molecule has 53 heavy (non-hydrogen) atoms. The van der Waals surface area contributed by atoms with E-state index in [0.29, 0.717) is 56.9 Å². The lowest BCUT2D eigenvalue weighted by Gasteiger charge is -2.29. The zero-order valence-electron chi connectivity index (χ0n) is 29.4. The van der Waals surface area contributed by atoms with Gasteiger partial charge < -0.3 is 24.6 Å². The first kappa shape index (κ1) is 39.6. The number of halogens is 2. The summed E-state index contributed by atoms with van der Waals surface area (Å²) in [6, 6.07) is 21.9. The molecule has 1 amide bonds. The van der Waals surface area contributed by atoms with Crippen LogP contribution in [0, 0.1) is 6.92 Å². The van der Waals surface area contributed by atoms with E-state index in [1.54, 1.807) is 54.6 Å². The summed E-state index contributed by atoms with van der Waals surface area (Å²) in [6.45, 7) is 7.53. The zero-order valence-corrected chi connectivity index (χ0v) is 31.7. The minimum atomic E-state index is -3.45. The van der Waals surface area contributed by atoms with Crippen molar-refractivity contribution in [3.63, 3.8) is 0 Å². The molecule has 0 aromatic heterocycles. The molecule has 280 valence electrons. The van der Waals surface area contributed by atoms with Crippen molar-refractivity contribution in [2.75, 3.05) is 26.2 Å². The van der Waals surface area contributed by atoms with E-state index < -0.39 is 34.2 Å². The number of rotatable bonds is 11. The number of aryl methyl sites for hydroxylation is 1. The van der Waals surface area contributed by atoms with Crippen LogP contribution < -0.4 is 9.47 Å². The van der Waals surface area contributed by atoms with Gasteiger partial charge in [0.05, 0.1) is 4.90 Å². The van der Waals surface area contributed by atoms with E-state index >= 15 is 0 Å². The molecule has 2 saturated heterocycles. The summed E-state index contributed by atoms with van der Waals surface area (Å²) in [6.07, 6.45) is 0.964. The molecule has 4 aromatic carbocycles. The number of likely N-dealkylation sites (tertiary alicyclic amines) is 1. The highest BCUT2D eigenvalue weighted by molar-refractivity contribution is 7.89. The smallest absolute Gasteiger partial charge is 0.344 e. The molecule has 2 N–H and O–H groups in total. The van der Waals surface area contributed by atoms with Crippen LogP contribution in [0.25, 0.3) is 22.3 Å². The van der Waals surface area contributed by atoms with E-state index in [9.17, 15) is 22.8 Å². The Hall–Kier alpha value is -4.62. The van der Waals surface area contributed by atoms with Crippen molar-refractivity contribution in [2.45, 2.75) is 57.1 Å². The second kappa shape index (κ2) is 17.0. The lowest BCUT2D eigenvalue weighted by Crippen LogP contribution is -2.41. The molecule has 0 bridgehead atoms. The molecule has 2 aliphatic rings. The molecular formula is C39H40Cl2N2O9S. The lowest BCUT2D eigenvalue weighted by molar-refractivity contribution is -0.145. The summed E-state index contributed by atoms with van der Waals surface area (Å²) in [7, 11) is -3.45.